The SMILES string of the molecule is CCOC(=O)c1c(NC(=O)CCN2C(=O)/C(=C/c3cccc(Br)c3)SC2=S)sc2c1CCCC2. The van der Waals surface area contributed by atoms with Gasteiger partial charge in [0, 0.05) is 22.3 Å². The van der Waals surface area contributed by atoms with Crippen molar-refractivity contribution in [2.75, 3.05) is 18.5 Å². The van der Waals surface area contributed by atoms with E-state index < -0.39 is 5.97 Å². The molecule has 1 aromatic heterocycles. The van der Waals surface area contributed by atoms with Gasteiger partial charge in [-0.15, -0.1) is 11.3 Å². The van der Waals surface area contributed by atoms with E-state index in [9.17, 15) is 14.4 Å². The summed E-state index contributed by atoms with van der Waals surface area (Å²) in [6, 6.07) is 7.64. The number of anilines is 1. The van der Waals surface area contributed by atoms with E-state index in [-0.39, 0.29) is 31.4 Å². The highest BCUT2D eigenvalue weighted by Gasteiger charge is 2.32. The van der Waals surface area contributed by atoms with Gasteiger partial charge >= 0.3 is 5.97 Å². The predicted molar refractivity (Wildman–Crippen MR) is 144 cm³/mol. The molecule has 4 rings (SSSR count). The number of rotatable bonds is 7. The molecule has 1 fully saturated rings. The minimum atomic E-state index is -0.396. The molecular formula is C24H23BrN2O4S3. The average molecular weight is 580 g/mol. The number of hydrogen-bond acceptors (Lipinski definition) is 7. The molecule has 178 valence electrons. The van der Waals surface area contributed by atoms with E-state index in [2.05, 4.69) is 21.2 Å². The Morgan fingerprint density at radius 2 is 2.09 bits per heavy atom. The molecule has 34 heavy (non-hydrogen) atoms. The van der Waals surface area contributed by atoms with E-state index in [0.29, 0.717) is 19.8 Å². The first kappa shape index (κ1) is 25.1. The van der Waals surface area contributed by atoms with Crippen LogP contribution in [-0.2, 0) is 27.2 Å². The Morgan fingerprint density at radius 3 is 2.85 bits per heavy atom. The number of fused-ring (bicyclic) bond motifs is 1. The lowest BCUT2D eigenvalue weighted by Gasteiger charge is -2.14. The Bertz CT molecular complexity index is 1190. The van der Waals surface area contributed by atoms with E-state index in [0.717, 1.165) is 46.2 Å². The number of nitrogens with zero attached hydrogens (tertiary/aromatic N) is 1. The smallest absolute Gasteiger partial charge is 0.341 e. The number of halogens is 1. The van der Waals surface area contributed by atoms with Crippen molar-refractivity contribution in [3.05, 3.63) is 55.2 Å². The lowest BCUT2D eigenvalue weighted by Crippen LogP contribution is -2.31. The molecule has 2 aliphatic rings. The first-order chi connectivity index (χ1) is 16.4. The summed E-state index contributed by atoms with van der Waals surface area (Å²) in [5.74, 6) is -0.873. The zero-order chi connectivity index (χ0) is 24.2. The van der Waals surface area contributed by atoms with Gasteiger partial charge in [0.2, 0.25) is 5.91 Å². The normalized spacial score (nSPS) is 16.6. The molecule has 0 bridgehead atoms. The number of ether oxygens (including phenoxy) is 1. The average Bonchev–Trinajstić information content (AvgIpc) is 3.28. The monoisotopic (exact) mass is 578 g/mol. The summed E-state index contributed by atoms with van der Waals surface area (Å²) in [6.07, 6.45) is 5.68. The lowest BCUT2D eigenvalue weighted by atomic mass is 9.95. The number of amides is 2. The van der Waals surface area contributed by atoms with Gasteiger partial charge in [-0.25, -0.2) is 4.79 Å². The molecule has 1 saturated heterocycles. The number of thioether (sulfide) groups is 1. The number of nitrogens with one attached hydrogen (secondary N) is 1. The molecule has 2 amide bonds. The molecule has 2 heterocycles. The van der Waals surface area contributed by atoms with Gasteiger partial charge in [0.25, 0.3) is 5.91 Å². The van der Waals surface area contributed by atoms with Crippen molar-refractivity contribution in [1.29, 1.82) is 0 Å². The Hall–Kier alpha value is -2.01. The fourth-order valence-electron chi connectivity index (χ4n) is 3.92. The summed E-state index contributed by atoms with van der Waals surface area (Å²) in [4.78, 5) is 41.4. The highest BCUT2D eigenvalue weighted by atomic mass is 79.9. The first-order valence-corrected chi connectivity index (χ1v) is 13.8. The molecule has 2 aromatic rings. The standard InChI is InChI=1S/C24H23BrN2O4S3/c1-2-31-23(30)20-16-8-3-4-9-17(16)33-21(20)26-19(28)10-11-27-22(29)18(34-24(27)32)13-14-6-5-7-15(25)12-14/h5-7,12-13H,2-4,8-11H2,1H3,(H,26,28)/b18-13-. The Balaban J connectivity index is 1.42. The van der Waals surface area contributed by atoms with Crippen LogP contribution in [0.25, 0.3) is 6.08 Å². The van der Waals surface area contributed by atoms with Crippen LogP contribution in [0.2, 0.25) is 0 Å². The highest BCUT2D eigenvalue weighted by Crippen LogP contribution is 2.39. The maximum atomic E-state index is 12.9. The van der Waals surface area contributed by atoms with Crippen LogP contribution in [-0.4, -0.2) is 40.2 Å². The minimum absolute atomic E-state index is 0.0709. The summed E-state index contributed by atoms with van der Waals surface area (Å²) in [6.45, 7) is 2.22. The number of benzene rings is 1. The maximum Gasteiger partial charge on any atom is 0.341 e. The fourth-order valence-corrected chi connectivity index (χ4v) is 6.94. The quantitative estimate of drug-likeness (QED) is 0.254. The van der Waals surface area contributed by atoms with E-state index in [1.165, 1.54) is 28.0 Å². The number of carbonyl (C=O) groups is 3. The third-order valence-corrected chi connectivity index (χ3v) is 8.56. The van der Waals surface area contributed by atoms with E-state index in [1.807, 2.05) is 24.3 Å². The molecule has 0 atom stereocenters. The van der Waals surface area contributed by atoms with E-state index >= 15 is 0 Å². The van der Waals surface area contributed by atoms with Crippen molar-refractivity contribution in [3.63, 3.8) is 0 Å². The second-order valence-corrected chi connectivity index (χ2v) is 11.5. The summed E-state index contributed by atoms with van der Waals surface area (Å²) in [5, 5.41) is 3.43. The maximum absolute atomic E-state index is 12.9. The highest BCUT2D eigenvalue weighted by molar-refractivity contribution is 9.10. The molecule has 10 heteroatoms. The van der Waals surface area contributed by atoms with Crippen LogP contribution in [0.3, 0.4) is 0 Å². The van der Waals surface area contributed by atoms with Gasteiger partial charge in [0.15, 0.2) is 0 Å². The van der Waals surface area contributed by atoms with Crippen LogP contribution >= 0.6 is 51.2 Å². The van der Waals surface area contributed by atoms with Crippen LogP contribution in [0.1, 0.15) is 52.5 Å². The summed E-state index contributed by atoms with van der Waals surface area (Å²) in [5.41, 5.74) is 2.37. The largest absolute Gasteiger partial charge is 0.462 e. The summed E-state index contributed by atoms with van der Waals surface area (Å²) in [7, 11) is 0. The fraction of sp³-hybridized carbons (Fsp3) is 0.333. The van der Waals surface area contributed by atoms with Gasteiger partial charge in [-0.3, -0.25) is 14.5 Å². The number of carbonyl (C=O) groups excluding carboxylic acids is 3. The van der Waals surface area contributed by atoms with Gasteiger partial charge < -0.3 is 10.1 Å². The van der Waals surface area contributed by atoms with E-state index in [1.54, 1.807) is 13.0 Å². The first-order valence-electron chi connectivity index (χ1n) is 11.0. The van der Waals surface area contributed by atoms with Gasteiger partial charge in [-0.2, -0.15) is 0 Å². The zero-order valence-electron chi connectivity index (χ0n) is 18.5. The number of esters is 1. The Labute approximate surface area is 220 Å². The summed E-state index contributed by atoms with van der Waals surface area (Å²) < 4.78 is 6.60. The lowest BCUT2D eigenvalue weighted by molar-refractivity contribution is -0.122. The predicted octanol–water partition coefficient (Wildman–Crippen LogP) is 5.80. The third-order valence-electron chi connectivity index (χ3n) is 5.49. The van der Waals surface area contributed by atoms with Crippen LogP contribution in [0.15, 0.2) is 33.6 Å². The second kappa shape index (κ2) is 11.2. The molecule has 0 radical (unpaired) electrons. The minimum Gasteiger partial charge on any atom is -0.462 e. The molecule has 1 aromatic carbocycles. The van der Waals surface area contributed by atoms with Crippen molar-refractivity contribution >= 4 is 84.4 Å². The number of thiophene rings is 1. The van der Waals surface area contributed by atoms with Gasteiger partial charge in [-0.1, -0.05) is 52.0 Å². The number of thiocarbonyl (C=S) groups is 1. The number of hydrogen-bond donors (Lipinski definition) is 1. The second-order valence-electron chi connectivity index (χ2n) is 7.82. The molecule has 0 spiro atoms. The molecule has 0 saturated carbocycles. The molecule has 6 nitrogen and oxygen atoms in total. The molecular weight excluding hydrogens is 556 g/mol. The van der Waals surface area contributed by atoms with Gasteiger partial charge in [-0.05, 0) is 61.9 Å². The van der Waals surface area contributed by atoms with Crippen LogP contribution in [0.4, 0.5) is 5.00 Å². The topological polar surface area (TPSA) is 75.7 Å². The third kappa shape index (κ3) is 5.62. The van der Waals surface area contributed by atoms with Crippen molar-refractivity contribution in [1.82, 2.24) is 4.90 Å². The Kier molecular flexibility index (Phi) is 8.23. The molecule has 1 aliphatic carbocycles. The number of aryl methyl sites for hydroxylation is 1. The van der Waals surface area contributed by atoms with Gasteiger partial charge in [0.05, 0.1) is 17.1 Å². The molecule has 1 aliphatic heterocycles. The Morgan fingerprint density at radius 1 is 1.29 bits per heavy atom. The van der Waals surface area contributed by atoms with E-state index in [4.69, 9.17) is 17.0 Å². The van der Waals surface area contributed by atoms with Crippen molar-refractivity contribution in [2.24, 2.45) is 0 Å². The zero-order valence-corrected chi connectivity index (χ0v) is 22.6. The van der Waals surface area contributed by atoms with Crippen LogP contribution < -0.4 is 5.32 Å². The van der Waals surface area contributed by atoms with Gasteiger partial charge in [0.1, 0.15) is 9.32 Å². The van der Waals surface area contributed by atoms with Crippen molar-refractivity contribution in [3.8, 4) is 0 Å². The molecule has 0 unspecified atom stereocenters. The van der Waals surface area contributed by atoms with Crippen molar-refractivity contribution < 1.29 is 19.1 Å². The van der Waals surface area contributed by atoms with Crippen molar-refractivity contribution in [2.45, 2.75) is 39.0 Å². The molecule has 1 N–H and O–H groups in total. The van der Waals surface area contributed by atoms with Crippen LogP contribution in [0, 0.1) is 0 Å². The summed E-state index contributed by atoms with van der Waals surface area (Å²) >= 11 is 11.5. The van der Waals surface area contributed by atoms with Crippen LogP contribution in [0.5, 0.6) is 0 Å².